The fourth-order valence-electron chi connectivity index (χ4n) is 4.59. The predicted octanol–water partition coefficient (Wildman–Crippen LogP) is 8.49. The van der Waals surface area contributed by atoms with Gasteiger partial charge in [0.05, 0.1) is 0 Å². The van der Waals surface area contributed by atoms with E-state index in [0.29, 0.717) is 5.92 Å². The summed E-state index contributed by atoms with van der Waals surface area (Å²) in [5, 5.41) is 0. The van der Waals surface area contributed by atoms with Gasteiger partial charge in [-0.1, -0.05) is 80.4 Å². The lowest BCUT2D eigenvalue weighted by molar-refractivity contribution is 0.297. The molecule has 0 unspecified atom stereocenters. The molecule has 29 heavy (non-hydrogen) atoms. The van der Waals surface area contributed by atoms with Gasteiger partial charge in [0, 0.05) is 28.3 Å². The molecule has 0 spiro atoms. The van der Waals surface area contributed by atoms with E-state index >= 15 is 0 Å². The van der Waals surface area contributed by atoms with Crippen LogP contribution in [0.4, 0.5) is 0 Å². The van der Waals surface area contributed by atoms with E-state index in [4.69, 9.17) is 9.97 Å². The van der Waals surface area contributed by atoms with E-state index in [1.807, 2.05) is 12.4 Å². The number of hydrogen-bond acceptors (Lipinski definition) is 2. The third-order valence-corrected chi connectivity index (χ3v) is 7.27. The van der Waals surface area contributed by atoms with Crippen molar-refractivity contribution in [1.29, 1.82) is 0 Å². The normalized spacial score (nSPS) is 19.4. The minimum absolute atomic E-state index is 0.555. The van der Waals surface area contributed by atoms with Crippen LogP contribution in [0, 0.1) is 5.92 Å². The number of aryl methyl sites for hydroxylation is 1. The van der Waals surface area contributed by atoms with Gasteiger partial charge in [-0.15, -0.1) is 0 Å². The summed E-state index contributed by atoms with van der Waals surface area (Å²) in [6.45, 7) is 4.54. The molecule has 0 N–H and O–H groups in total. The molecule has 0 aliphatic heterocycles. The summed E-state index contributed by atoms with van der Waals surface area (Å²) in [4.78, 5) is 9.53. The molecule has 1 saturated carbocycles. The first-order chi connectivity index (χ1) is 14.2. The number of rotatable bonds is 10. The molecule has 3 rings (SSSR count). The van der Waals surface area contributed by atoms with Crippen molar-refractivity contribution in [1.82, 2.24) is 9.97 Å². The predicted molar refractivity (Wildman–Crippen MR) is 127 cm³/mol. The minimum Gasteiger partial charge on any atom is -0.240 e. The third kappa shape index (κ3) is 6.64. The third-order valence-electron chi connectivity index (χ3n) is 6.54. The Labute approximate surface area is 186 Å². The average molecular weight is 458 g/mol. The highest BCUT2D eigenvalue weighted by atomic mass is 79.9. The van der Waals surface area contributed by atoms with Crippen molar-refractivity contribution in [2.45, 2.75) is 96.8 Å². The van der Waals surface area contributed by atoms with Crippen LogP contribution >= 0.6 is 15.9 Å². The van der Waals surface area contributed by atoms with Crippen molar-refractivity contribution in [2.24, 2.45) is 5.92 Å². The smallest absolute Gasteiger partial charge is 0.131 e. The highest BCUT2D eigenvalue weighted by Gasteiger charge is 2.23. The summed E-state index contributed by atoms with van der Waals surface area (Å²) in [6.07, 6.45) is 19.8. The molecule has 2 aromatic rings. The summed E-state index contributed by atoms with van der Waals surface area (Å²) in [6, 6.07) is 6.69. The Morgan fingerprint density at radius 1 is 0.862 bits per heavy atom. The molecule has 2 nitrogen and oxygen atoms in total. The van der Waals surface area contributed by atoms with Gasteiger partial charge < -0.3 is 0 Å². The zero-order valence-electron chi connectivity index (χ0n) is 18.3. The maximum absolute atomic E-state index is 4.77. The molecule has 1 aliphatic rings. The van der Waals surface area contributed by atoms with Crippen molar-refractivity contribution < 1.29 is 0 Å². The molecule has 1 aliphatic carbocycles. The molecule has 0 bridgehead atoms. The van der Waals surface area contributed by atoms with Crippen molar-refractivity contribution in [2.75, 3.05) is 0 Å². The highest BCUT2D eigenvalue weighted by Crippen LogP contribution is 2.36. The number of unbranched alkanes of at least 4 members (excludes halogenated alkanes) is 4. The van der Waals surface area contributed by atoms with Gasteiger partial charge in [-0.3, -0.25) is 0 Å². The average Bonchev–Trinajstić information content (AvgIpc) is 2.76. The molecule has 158 valence electrons. The van der Waals surface area contributed by atoms with Crippen molar-refractivity contribution in [3.63, 3.8) is 0 Å². The second kappa shape index (κ2) is 11.8. The van der Waals surface area contributed by atoms with Crippen LogP contribution in [0.1, 0.15) is 102 Å². The van der Waals surface area contributed by atoms with Crippen LogP contribution in [-0.4, -0.2) is 9.97 Å². The van der Waals surface area contributed by atoms with Crippen molar-refractivity contribution in [3.8, 4) is 11.1 Å². The minimum atomic E-state index is 0.555. The summed E-state index contributed by atoms with van der Waals surface area (Å²) in [5.74, 6) is 2.54. The van der Waals surface area contributed by atoms with Crippen LogP contribution in [0.15, 0.2) is 35.1 Å². The number of aromatic nitrogens is 2. The molecule has 1 aromatic heterocycles. The lowest BCUT2D eigenvalue weighted by Gasteiger charge is -2.27. The second-order valence-corrected chi connectivity index (χ2v) is 9.66. The lowest BCUT2D eigenvalue weighted by atomic mass is 9.79. The SMILES string of the molecule is CCCCCc1ccc(-c2cnc(C3CCC(CCCCC)CC3)nc2)cc1Br. The molecule has 3 heteroatoms. The van der Waals surface area contributed by atoms with Crippen molar-refractivity contribution >= 4 is 15.9 Å². The first-order valence-electron chi connectivity index (χ1n) is 11.8. The maximum atomic E-state index is 4.77. The van der Waals surface area contributed by atoms with Gasteiger partial charge in [0.25, 0.3) is 0 Å². The molecule has 0 saturated heterocycles. The molecular formula is C26H37BrN2. The van der Waals surface area contributed by atoms with Gasteiger partial charge >= 0.3 is 0 Å². The van der Waals surface area contributed by atoms with Crippen LogP contribution in [-0.2, 0) is 6.42 Å². The van der Waals surface area contributed by atoms with Gasteiger partial charge in [-0.05, 0) is 61.6 Å². The first kappa shape index (κ1) is 22.5. The Bertz CT molecular complexity index is 733. The quantitative estimate of drug-likeness (QED) is 0.334. The molecule has 1 aromatic carbocycles. The van der Waals surface area contributed by atoms with E-state index < -0.39 is 0 Å². The summed E-state index contributed by atoms with van der Waals surface area (Å²) >= 11 is 3.76. The first-order valence-corrected chi connectivity index (χ1v) is 12.6. The zero-order valence-corrected chi connectivity index (χ0v) is 19.9. The molecule has 1 fully saturated rings. The number of benzene rings is 1. The van der Waals surface area contributed by atoms with Crippen LogP contribution in [0.2, 0.25) is 0 Å². The van der Waals surface area contributed by atoms with E-state index in [1.54, 1.807) is 0 Å². The Hall–Kier alpha value is -1.22. The van der Waals surface area contributed by atoms with Gasteiger partial charge in [0.15, 0.2) is 0 Å². The van der Waals surface area contributed by atoms with Gasteiger partial charge in [0.2, 0.25) is 0 Å². The van der Waals surface area contributed by atoms with Gasteiger partial charge in [0.1, 0.15) is 5.82 Å². The number of nitrogens with zero attached hydrogens (tertiary/aromatic N) is 2. The van der Waals surface area contributed by atoms with E-state index in [1.165, 1.54) is 86.2 Å². The number of halogens is 1. The Morgan fingerprint density at radius 2 is 1.55 bits per heavy atom. The fourth-order valence-corrected chi connectivity index (χ4v) is 5.16. The van der Waals surface area contributed by atoms with E-state index in [9.17, 15) is 0 Å². The number of hydrogen-bond donors (Lipinski definition) is 0. The Morgan fingerprint density at radius 3 is 2.21 bits per heavy atom. The summed E-state index contributed by atoms with van der Waals surface area (Å²) < 4.78 is 1.21. The molecule has 0 radical (unpaired) electrons. The topological polar surface area (TPSA) is 25.8 Å². The van der Waals surface area contributed by atoms with E-state index in [0.717, 1.165) is 23.7 Å². The zero-order chi connectivity index (χ0) is 20.5. The van der Waals surface area contributed by atoms with Crippen LogP contribution in [0.5, 0.6) is 0 Å². The fraction of sp³-hybridized carbons (Fsp3) is 0.615. The second-order valence-electron chi connectivity index (χ2n) is 8.81. The molecule has 0 amide bonds. The van der Waals surface area contributed by atoms with Crippen molar-refractivity contribution in [3.05, 3.63) is 46.5 Å². The monoisotopic (exact) mass is 456 g/mol. The lowest BCUT2D eigenvalue weighted by Crippen LogP contribution is -2.15. The van der Waals surface area contributed by atoms with E-state index in [-0.39, 0.29) is 0 Å². The maximum Gasteiger partial charge on any atom is 0.131 e. The van der Waals surface area contributed by atoms with Crippen LogP contribution in [0.3, 0.4) is 0 Å². The van der Waals surface area contributed by atoms with Gasteiger partial charge in [-0.25, -0.2) is 9.97 Å². The summed E-state index contributed by atoms with van der Waals surface area (Å²) in [5.41, 5.74) is 3.71. The molecule has 1 heterocycles. The highest BCUT2D eigenvalue weighted by molar-refractivity contribution is 9.10. The Kier molecular flexibility index (Phi) is 9.17. The standard InChI is InChI=1S/C26H37BrN2/c1-3-5-7-9-20-11-13-22(14-12-20)26-28-18-24(19-29-26)23-16-15-21(25(27)17-23)10-8-6-4-2/h15-20,22H,3-14H2,1-2H3. The summed E-state index contributed by atoms with van der Waals surface area (Å²) in [7, 11) is 0. The van der Waals surface area contributed by atoms with Gasteiger partial charge in [-0.2, -0.15) is 0 Å². The largest absolute Gasteiger partial charge is 0.240 e. The van der Waals surface area contributed by atoms with Crippen LogP contribution < -0.4 is 0 Å². The Balaban J connectivity index is 1.56. The van der Waals surface area contributed by atoms with Crippen LogP contribution in [0.25, 0.3) is 11.1 Å². The molecular weight excluding hydrogens is 420 g/mol. The van der Waals surface area contributed by atoms with E-state index in [2.05, 4.69) is 48.0 Å². The molecule has 0 atom stereocenters.